The standard InChI is InChI=1S/C5H11NO2/c6-4-3-8-2-1-5(4)7/h4-5,7H,1-3,6H2/t4-,5+/m0/s1. The van der Waals surface area contributed by atoms with E-state index in [0.29, 0.717) is 19.6 Å². The summed E-state index contributed by atoms with van der Waals surface area (Å²) >= 11 is 0. The van der Waals surface area contributed by atoms with Gasteiger partial charge in [-0.15, -0.1) is 0 Å². The summed E-state index contributed by atoms with van der Waals surface area (Å²) in [7, 11) is 0. The minimum absolute atomic E-state index is 0.163. The molecule has 2 atom stereocenters. The minimum Gasteiger partial charge on any atom is -0.391 e. The second-order valence-corrected chi connectivity index (χ2v) is 2.09. The van der Waals surface area contributed by atoms with E-state index in [2.05, 4.69) is 0 Å². The van der Waals surface area contributed by atoms with Crippen LogP contribution in [0, 0.1) is 0 Å². The maximum absolute atomic E-state index is 8.97. The number of hydrogen-bond donors (Lipinski definition) is 2. The van der Waals surface area contributed by atoms with Crippen molar-refractivity contribution >= 4 is 0 Å². The molecule has 48 valence electrons. The Labute approximate surface area is 48.4 Å². The van der Waals surface area contributed by atoms with Crippen molar-refractivity contribution in [1.29, 1.82) is 0 Å². The van der Waals surface area contributed by atoms with Crippen LogP contribution in [0.25, 0.3) is 0 Å². The molecule has 3 heteroatoms. The number of hydrogen-bond acceptors (Lipinski definition) is 3. The van der Waals surface area contributed by atoms with Gasteiger partial charge in [0.25, 0.3) is 0 Å². The lowest BCUT2D eigenvalue weighted by atomic mass is 10.1. The van der Waals surface area contributed by atoms with E-state index in [4.69, 9.17) is 15.6 Å². The van der Waals surface area contributed by atoms with Gasteiger partial charge in [0.1, 0.15) is 0 Å². The first kappa shape index (κ1) is 6.01. The fourth-order valence-corrected chi connectivity index (χ4v) is 0.749. The second-order valence-electron chi connectivity index (χ2n) is 2.09. The number of aliphatic hydroxyl groups is 1. The predicted molar refractivity (Wildman–Crippen MR) is 29.4 cm³/mol. The summed E-state index contributed by atoms with van der Waals surface area (Å²) in [6.07, 6.45) is 0.338. The Morgan fingerprint density at radius 3 is 2.75 bits per heavy atom. The van der Waals surface area contributed by atoms with Crippen LogP contribution in [-0.2, 0) is 4.74 Å². The van der Waals surface area contributed by atoms with E-state index < -0.39 is 0 Å². The Morgan fingerprint density at radius 1 is 1.62 bits per heavy atom. The molecule has 0 saturated carbocycles. The lowest BCUT2D eigenvalue weighted by molar-refractivity contribution is -0.00319. The molecule has 1 aliphatic rings. The molecule has 1 saturated heterocycles. The SMILES string of the molecule is N[C@H]1COCC[C@H]1O. The van der Waals surface area contributed by atoms with Gasteiger partial charge < -0.3 is 15.6 Å². The first-order chi connectivity index (χ1) is 3.80. The van der Waals surface area contributed by atoms with Crippen LogP contribution in [0.1, 0.15) is 6.42 Å². The van der Waals surface area contributed by atoms with Gasteiger partial charge in [-0.25, -0.2) is 0 Å². The molecule has 0 aromatic rings. The van der Waals surface area contributed by atoms with Crippen LogP contribution < -0.4 is 5.73 Å². The Bertz CT molecular complexity index is 66.8. The van der Waals surface area contributed by atoms with Crippen molar-refractivity contribution < 1.29 is 9.84 Å². The topological polar surface area (TPSA) is 55.5 Å². The summed E-state index contributed by atoms with van der Waals surface area (Å²) in [6.45, 7) is 1.15. The highest BCUT2D eigenvalue weighted by Gasteiger charge is 2.18. The van der Waals surface area contributed by atoms with E-state index in [0.717, 1.165) is 0 Å². The van der Waals surface area contributed by atoms with Gasteiger partial charge in [0.15, 0.2) is 0 Å². The molecule has 0 aliphatic carbocycles. The molecule has 0 aromatic carbocycles. The lowest BCUT2D eigenvalue weighted by Gasteiger charge is -2.23. The molecule has 0 bridgehead atoms. The number of ether oxygens (including phenoxy) is 1. The summed E-state index contributed by atoms with van der Waals surface area (Å²) in [5.74, 6) is 0. The molecule has 0 radical (unpaired) electrons. The molecule has 1 fully saturated rings. The van der Waals surface area contributed by atoms with Crippen LogP contribution in [0.3, 0.4) is 0 Å². The molecule has 3 nitrogen and oxygen atoms in total. The van der Waals surface area contributed by atoms with E-state index in [1.807, 2.05) is 0 Å². The maximum atomic E-state index is 8.97. The Hall–Kier alpha value is -0.120. The molecular formula is C5H11NO2. The summed E-state index contributed by atoms with van der Waals surface area (Å²) in [5.41, 5.74) is 5.40. The number of nitrogens with two attached hydrogens (primary N) is 1. The smallest absolute Gasteiger partial charge is 0.0735 e. The van der Waals surface area contributed by atoms with Crippen molar-refractivity contribution in [2.75, 3.05) is 13.2 Å². The van der Waals surface area contributed by atoms with Gasteiger partial charge in [-0.05, 0) is 6.42 Å². The van der Waals surface area contributed by atoms with Gasteiger partial charge in [-0.1, -0.05) is 0 Å². The normalized spacial score (nSPS) is 39.8. The van der Waals surface area contributed by atoms with Gasteiger partial charge in [0.2, 0.25) is 0 Å². The predicted octanol–water partition coefficient (Wildman–Crippen LogP) is -0.905. The quantitative estimate of drug-likeness (QED) is 0.432. The van der Waals surface area contributed by atoms with Crippen LogP contribution >= 0.6 is 0 Å². The molecule has 8 heavy (non-hydrogen) atoms. The molecule has 0 unspecified atom stereocenters. The third-order valence-corrected chi connectivity index (χ3v) is 1.36. The van der Waals surface area contributed by atoms with Gasteiger partial charge >= 0.3 is 0 Å². The zero-order valence-electron chi connectivity index (χ0n) is 4.71. The average Bonchev–Trinajstić information content (AvgIpc) is 1.77. The Kier molecular flexibility index (Phi) is 1.83. The van der Waals surface area contributed by atoms with Crippen LogP contribution in [-0.4, -0.2) is 30.5 Å². The highest BCUT2D eigenvalue weighted by Crippen LogP contribution is 2.03. The van der Waals surface area contributed by atoms with E-state index in [1.165, 1.54) is 0 Å². The third-order valence-electron chi connectivity index (χ3n) is 1.36. The van der Waals surface area contributed by atoms with Crippen LogP contribution in [0.4, 0.5) is 0 Å². The van der Waals surface area contributed by atoms with Gasteiger partial charge in [0.05, 0.1) is 18.8 Å². The minimum atomic E-state index is -0.344. The molecule has 1 heterocycles. The lowest BCUT2D eigenvalue weighted by Crippen LogP contribution is -2.43. The Morgan fingerprint density at radius 2 is 2.38 bits per heavy atom. The van der Waals surface area contributed by atoms with Gasteiger partial charge in [-0.3, -0.25) is 0 Å². The molecule has 0 aromatic heterocycles. The fraction of sp³-hybridized carbons (Fsp3) is 1.00. The van der Waals surface area contributed by atoms with Crippen molar-refractivity contribution in [3.8, 4) is 0 Å². The summed E-state index contributed by atoms with van der Waals surface area (Å²) < 4.78 is 4.97. The molecule has 1 rings (SSSR count). The highest BCUT2D eigenvalue weighted by atomic mass is 16.5. The first-order valence-corrected chi connectivity index (χ1v) is 2.82. The van der Waals surface area contributed by atoms with E-state index >= 15 is 0 Å². The average molecular weight is 117 g/mol. The number of aliphatic hydroxyl groups excluding tert-OH is 1. The zero-order valence-corrected chi connectivity index (χ0v) is 4.71. The molecular weight excluding hydrogens is 106 g/mol. The van der Waals surface area contributed by atoms with Crippen molar-refractivity contribution in [1.82, 2.24) is 0 Å². The van der Waals surface area contributed by atoms with Crippen LogP contribution in [0.5, 0.6) is 0 Å². The number of rotatable bonds is 0. The monoisotopic (exact) mass is 117 g/mol. The molecule has 0 amide bonds. The molecule has 1 aliphatic heterocycles. The largest absolute Gasteiger partial charge is 0.391 e. The first-order valence-electron chi connectivity index (χ1n) is 2.82. The highest BCUT2D eigenvalue weighted by molar-refractivity contribution is 4.74. The van der Waals surface area contributed by atoms with Crippen molar-refractivity contribution in [3.05, 3.63) is 0 Å². The summed E-state index contributed by atoms with van der Waals surface area (Å²) in [5, 5.41) is 8.97. The van der Waals surface area contributed by atoms with E-state index in [-0.39, 0.29) is 12.1 Å². The maximum Gasteiger partial charge on any atom is 0.0735 e. The summed E-state index contributed by atoms with van der Waals surface area (Å²) in [6, 6.07) is -0.163. The van der Waals surface area contributed by atoms with Gasteiger partial charge in [-0.2, -0.15) is 0 Å². The molecule has 0 spiro atoms. The van der Waals surface area contributed by atoms with Gasteiger partial charge in [0, 0.05) is 6.61 Å². The summed E-state index contributed by atoms with van der Waals surface area (Å²) in [4.78, 5) is 0. The fourth-order valence-electron chi connectivity index (χ4n) is 0.749. The van der Waals surface area contributed by atoms with E-state index in [9.17, 15) is 0 Å². The van der Waals surface area contributed by atoms with Crippen molar-refractivity contribution in [2.24, 2.45) is 5.73 Å². The second kappa shape index (κ2) is 2.44. The van der Waals surface area contributed by atoms with Crippen molar-refractivity contribution in [3.63, 3.8) is 0 Å². The van der Waals surface area contributed by atoms with E-state index in [1.54, 1.807) is 0 Å². The third kappa shape index (κ3) is 1.18. The Balaban J connectivity index is 2.28. The molecule has 3 N–H and O–H groups in total. The van der Waals surface area contributed by atoms with Crippen LogP contribution in [0.2, 0.25) is 0 Å². The van der Waals surface area contributed by atoms with Crippen LogP contribution in [0.15, 0.2) is 0 Å². The zero-order chi connectivity index (χ0) is 5.98. The van der Waals surface area contributed by atoms with Crippen molar-refractivity contribution in [2.45, 2.75) is 18.6 Å².